The van der Waals surface area contributed by atoms with Gasteiger partial charge < -0.3 is 20.4 Å². The summed E-state index contributed by atoms with van der Waals surface area (Å²) < 4.78 is 0. The third-order valence-electron chi connectivity index (χ3n) is 6.85. The Bertz CT molecular complexity index is 1170. The number of nitrogens with zero attached hydrogens (tertiary/aromatic N) is 2. The second-order valence-electron chi connectivity index (χ2n) is 9.19. The van der Waals surface area contributed by atoms with Crippen LogP contribution in [0.15, 0.2) is 54.6 Å². The predicted octanol–water partition coefficient (Wildman–Crippen LogP) is 4.07. The van der Waals surface area contributed by atoms with Crippen LogP contribution in [0, 0.1) is 0 Å². The fraction of sp³-hybridized carbons (Fsp3) is 0.414. The first kappa shape index (κ1) is 28.1. The average Bonchev–Trinajstić information content (AvgIpc) is 2.88. The lowest BCUT2D eigenvalue weighted by Crippen LogP contribution is -2.47. The van der Waals surface area contributed by atoms with E-state index in [4.69, 9.17) is 0 Å². The molecule has 1 unspecified atom stereocenters. The highest BCUT2D eigenvalue weighted by Gasteiger charge is 2.27. The number of amides is 1. The molecule has 0 heterocycles. The number of nitrogens with one attached hydrogen (secondary N) is 1. The van der Waals surface area contributed by atoms with Crippen molar-refractivity contribution >= 4 is 39.4 Å². The fourth-order valence-corrected chi connectivity index (χ4v) is 4.80. The van der Waals surface area contributed by atoms with Crippen LogP contribution in [0.2, 0.25) is 0 Å². The molecule has 1 atom stereocenters. The molecule has 3 aromatic carbocycles. The molecular weight excluding hydrogens is 470 g/mol. The molecule has 0 aliphatic carbocycles. The van der Waals surface area contributed by atoms with E-state index in [1.165, 1.54) is 4.90 Å². The summed E-state index contributed by atoms with van der Waals surface area (Å²) in [6.07, 6.45) is 1.46. The number of hydrogen-bond donors (Lipinski definition) is 3. The van der Waals surface area contributed by atoms with E-state index in [2.05, 4.69) is 16.3 Å². The maximum atomic E-state index is 13.2. The zero-order valence-electron chi connectivity index (χ0n) is 21.7. The van der Waals surface area contributed by atoms with Crippen LogP contribution < -0.4 is 5.32 Å². The molecule has 0 spiro atoms. The molecule has 0 fully saturated rings. The quantitative estimate of drug-likeness (QED) is 0.210. The first-order valence-electron chi connectivity index (χ1n) is 12.9. The SMILES string of the molecule is CCN(CC)CCN(CC(=O)O)C(CCCCNC(=O)c1c2ccccc2cc2ccccc12)C(=O)O. The molecule has 0 saturated heterocycles. The summed E-state index contributed by atoms with van der Waals surface area (Å²) in [4.78, 5) is 40.3. The molecule has 0 aromatic heterocycles. The first-order chi connectivity index (χ1) is 17.8. The van der Waals surface area contributed by atoms with Gasteiger partial charge in [-0.1, -0.05) is 62.4 Å². The molecule has 3 N–H and O–H groups in total. The number of aliphatic carboxylic acids is 2. The molecule has 8 heteroatoms. The van der Waals surface area contributed by atoms with Gasteiger partial charge in [-0.25, -0.2) is 0 Å². The number of unbranched alkanes of at least 4 members (excludes halogenated alkanes) is 1. The van der Waals surface area contributed by atoms with Crippen molar-refractivity contribution in [3.05, 3.63) is 60.2 Å². The van der Waals surface area contributed by atoms with Gasteiger partial charge >= 0.3 is 11.9 Å². The summed E-state index contributed by atoms with van der Waals surface area (Å²) in [6, 6.07) is 16.8. The highest BCUT2D eigenvalue weighted by atomic mass is 16.4. The largest absolute Gasteiger partial charge is 0.480 e. The molecule has 3 aromatic rings. The van der Waals surface area contributed by atoms with Crippen molar-refractivity contribution in [3.8, 4) is 0 Å². The van der Waals surface area contributed by atoms with E-state index in [-0.39, 0.29) is 12.5 Å². The van der Waals surface area contributed by atoms with Crippen LogP contribution in [0.5, 0.6) is 0 Å². The van der Waals surface area contributed by atoms with E-state index in [9.17, 15) is 24.6 Å². The standard InChI is InChI=1S/C29H37N3O5/c1-3-31(4-2)17-18-32(20-26(33)34)25(29(36)37)15-9-10-16-30-28(35)27-23-13-7-5-11-21(23)19-22-12-6-8-14-24(22)27/h5-8,11-14,19,25H,3-4,9-10,15-18,20H2,1-2H3,(H,30,35)(H,33,34)(H,36,37). The minimum absolute atomic E-state index is 0.158. The Kier molecular flexibility index (Phi) is 10.4. The van der Waals surface area contributed by atoms with Crippen molar-refractivity contribution < 1.29 is 24.6 Å². The number of benzene rings is 3. The molecular formula is C29H37N3O5. The molecule has 1 amide bonds. The molecule has 0 aliphatic rings. The maximum Gasteiger partial charge on any atom is 0.320 e. The predicted molar refractivity (Wildman–Crippen MR) is 146 cm³/mol. The van der Waals surface area contributed by atoms with Crippen LogP contribution in [-0.4, -0.2) is 83.2 Å². The molecule has 0 bridgehead atoms. The van der Waals surface area contributed by atoms with E-state index in [1.807, 2.05) is 62.4 Å². The zero-order chi connectivity index (χ0) is 26.8. The van der Waals surface area contributed by atoms with E-state index >= 15 is 0 Å². The second-order valence-corrected chi connectivity index (χ2v) is 9.19. The highest BCUT2D eigenvalue weighted by Crippen LogP contribution is 2.28. The number of likely N-dealkylation sites (N-methyl/N-ethyl adjacent to an activating group) is 1. The van der Waals surface area contributed by atoms with Crippen molar-refractivity contribution in [2.24, 2.45) is 0 Å². The summed E-state index contributed by atoms with van der Waals surface area (Å²) in [7, 11) is 0. The molecule has 0 radical (unpaired) electrons. The number of carboxylic acids is 2. The van der Waals surface area contributed by atoms with Gasteiger partial charge in [-0.05, 0) is 60.0 Å². The highest BCUT2D eigenvalue weighted by molar-refractivity contribution is 6.18. The van der Waals surface area contributed by atoms with Crippen LogP contribution in [0.3, 0.4) is 0 Å². The zero-order valence-corrected chi connectivity index (χ0v) is 21.7. The number of carbonyl (C=O) groups is 3. The second kappa shape index (κ2) is 13.7. The number of carboxylic acid groups (broad SMARTS) is 2. The van der Waals surface area contributed by atoms with Gasteiger partial charge in [0.1, 0.15) is 6.04 Å². The Labute approximate surface area is 217 Å². The van der Waals surface area contributed by atoms with Gasteiger partial charge in [0, 0.05) is 19.6 Å². The van der Waals surface area contributed by atoms with Gasteiger partial charge in [0.2, 0.25) is 0 Å². The lowest BCUT2D eigenvalue weighted by atomic mass is 9.96. The van der Waals surface area contributed by atoms with Gasteiger partial charge in [0.05, 0.1) is 12.1 Å². The smallest absolute Gasteiger partial charge is 0.320 e. The normalized spacial score (nSPS) is 12.3. The number of rotatable bonds is 15. The summed E-state index contributed by atoms with van der Waals surface area (Å²) in [5.41, 5.74) is 0.640. The molecule has 198 valence electrons. The average molecular weight is 508 g/mol. The van der Waals surface area contributed by atoms with Gasteiger partial charge in [-0.3, -0.25) is 19.3 Å². The fourth-order valence-electron chi connectivity index (χ4n) is 4.80. The van der Waals surface area contributed by atoms with Crippen molar-refractivity contribution in [1.82, 2.24) is 15.1 Å². The van der Waals surface area contributed by atoms with Gasteiger partial charge in [0.15, 0.2) is 0 Å². The molecule has 0 aliphatic heterocycles. The van der Waals surface area contributed by atoms with Crippen molar-refractivity contribution in [2.75, 3.05) is 39.3 Å². The molecule has 0 saturated carbocycles. The summed E-state index contributed by atoms with van der Waals surface area (Å²) in [5, 5.41) is 25.9. The Morgan fingerprint density at radius 1 is 0.865 bits per heavy atom. The third kappa shape index (κ3) is 7.50. The van der Waals surface area contributed by atoms with Gasteiger partial charge in [0.25, 0.3) is 5.91 Å². The summed E-state index contributed by atoms with van der Waals surface area (Å²) in [6.45, 7) is 6.75. The van der Waals surface area contributed by atoms with Gasteiger partial charge in [-0.2, -0.15) is 0 Å². The Morgan fingerprint density at radius 2 is 1.46 bits per heavy atom. The van der Waals surface area contributed by atoms with Crippen molar-refractivity contribution in [2.45, 2.75) is 39.2 Å². The Balaban J connectivity index is 1.62. The molecule has 8 nitrogen and oxygen atoms in total. The van der Waals surface area contributed by atoms with Crippen LogP contribution in [0.1, 0.15) is 43.5 Å². The first-order valence-corrected chi connectivity index (χ1v) is 12.9. The van der Waals surface area contributed by atoms with Crippen LogP contribution in [0.25, 0.3) is 21.5 Å². The van der Waals surface area contributed by atoms with E-state index < -0.39 is 18.0 Å². The Hall–Kier alpha value is -3.49. The summed E-state index contributed by atoms with van der Waals surface area (Å²) >= 11 is 0. The minimum atomic E-state index is -1.04. The van der Waals surface area contributed by atoms with E-state index in [0.717, 1.165) is 34.6 Å². The summed E-state index contributed by atoms with van der Waals surface area (Å²) in [5.74, 6) is -2.22. The van der Waals surface area contributed by atoms with Crippen molar-refractivity contribution in [1.29, 1.82) is 0 Å². The Morgan fingerprint density at radius 3 is 2.00 bits per heavy atom. The monoisotopic (exact) mass is 507 g/mol. The van der Waals surface area contributed by atoms with E-state index in [0.29, 0.717) is 44.5 Å². The lowest BCUT2D eigenvalue weighted by Gasteiger charge is -2.29. The van der Waals surface area contributed by atoms with Crippen molar-refractivity contribution in [3.63, 3.8) is 0 Å². The third-order valence-corrected chi connectivity index (χ3v) is 6.85. The lowest BCUT2D eigenvalue weighted by molar-refractivity contribution is -0.146. The molecule has 37 heavy (non-hydrogen) atoms. The van der Waals surface area contributed by atoms with Crippen LogP contribution in [0.4, 0.5) is 0 Å². The topological polar surface area (TPSA) is 110 Å². The van der Waals surface area contributed by atoms with Crippen LogP contribution >= 0.6 is 0 Å². The van der Waals surface area contributed by atoms with Gasteiger partial charge in [-0.15, -0.1) is 0 Å². The number of hydrogen-bond acceptors (Lipinski definition) is 5. The van der Waals surface area contributed by atoms with Crippen LogP contribution in [-0.2, 0) is 9.59 Å². The van der Waals surface area contributed by atoms with E-state index in [1.54, 1.807) is 0 Å². The molecule has 3 rings (SSSR count). The maximum absolute atomic E-state index is 13.2. The minimum Gasteiger partial charge on any atom is -0.480 e. The number of fused-ring (bicyclic) bond motifs is 2. The number of carbonyl (C=O) groups excluding carboxylic acids is 1.